The number of carbonyl (C=O) groups excluding carboxylic acids is 1. The standard InChI is InChI=1S/C20H26N4O2.C2HF3O2/c25-19(13-16-12-15-4-1-2-6-18(15)20(26)22-16)24-9-3-5-17(14-24)23-10-7-21-8-11-23;3-2(4,5)1(6)7/h1-2,4,6,12,17,21H,3,5,7-11,13-14H2,(H,22,26);(H,6,7). The number of hydrogen-bond acceptors (Lipinski definition) is 5. The van der Waals surface area contributed by atoms with Crippen LogP contribution >= 0.6 is 0 Å². The molecule has 2 aromatic rings. The van der Waals surface area contributed by atoms with E-state index in [1.807, 2.05) is 35.2 Å². The van der Waals surface area contributed by atoms with Gasteiger partial charge in [0.25, 0.3) is 5.56 Å². The normalized spacial score (nSPS) is 19.6. The van der Waals surface area contributed by atoms with Crippen molar-refractivity contribution >= 4 is 22.6 Å². The lowest BCUT2D eigenvalue weighted by molar-refractivity contribution is -0.192. The van der Waals surface area contributed by atoms with Crippen LogP contribution in [0.1, 0.15) is 18.5 Å². The summed E-state index contributed by atoms with van der Waals surface area (Å²) in [7, 11) is 0. The van der Waals surface area contributed by atoms with Crippen molar-refractivity contribution in [2.24, 2.45) is 0 Å². The Morgan fingerprint density at radius 2 is 1.79 bits per heavy atom. The summed E-state index contributed by atoms with van der Waals surface area (Å²) in [5, 5.41) is 12.1. The van der Waals surface area contributed by atoms with Gasteiger partial charge >= 0.3 is 12.1 Å². The lowest BCUT2D eigenvalue weighted by Gasteiger charge is -2.41. The quantitative estimate of drug-likeness (QED) is 0.632. The fourth-order valence-electron chi connectivity index (χ4n) is 4.16. The second-order valence-electron chi connectivity index (χ2n) is 8.11. The molecular formula is C22H27F3N4O4. The molecule has 2 fully saturated rings. The molecule has 0 radical (unpaired) electrons. The summed E-state index contributed by atoms with van der Waals surface area (Å²) in [4.78, 5) is 41.3. The number of piperidine rings is 1. The van der Waals surface area contributed by atoms with Crippen LogP contribution in [0.4, 0.5) is 13.2 Å². The SMILES string of the molecule is O=C(Cc1cc2ccccc2c(=O)[nH]1)N1CCCC(N2CCNCC2)C1.O=C(O)C(F)(F)F. The number of aliphatic carboxylic acids is 1. The lowest BCUT2D eigenvalue weighted by Crippen LogP contribution is -2.55. The second kappa shape index (κ2) is 10.8. The van der Waals surface area contributed by atoms with Crippen molar-refractivity contribution in [1.82, 2.24) is 20.1 Å². The Morgan fingerprint density at radius 1 is 1.12 bits per heavy atom. The van der Waals surface area contributed by atoms with Crippen molar-refractivity contribution in [2.75, 3.05) is 39.3 Å². The fourth-order valence-corrected chi connectivity index (χ4v) is 4.16. The monoisotopic (exact) mass is 468 g/mol. The summed E-state index contributed by atoms with van der Waals surface area (Å²) in [6.45, 7) is 5.80. The van der Waals surface area contributed by atoms with E-state index < -0.39 is 12.1 Å². The van der Waals surface area contributed by atoms with E-state index in [0.717, 1.165) is 57.5 Å². The van der Waals surface area contributed by atoms with Gasteiger partial charge in [-0.15, -0.1) is 0 Å². The number of benzene rings is 1. The Hall–Kier alpha value is -2.92. The van der Waals surface area contributed by atoms with Crippen LogP contribution in [0.5, 0.6) is 0 Å². The molecule has 3 N–H and O–H groups in total. The zero-order chi connectivity index (χ0) is 24.0. The number of carboxylic acid groups (broad SMARTS) is 1. The number of piperazine rings is 1. The molecule has 2 aliphatic rings. The first-order valence-corrected chi connectivity index (χ1v) is 10.8. The molecule has 180 valence electrons. The Kier molecular flexibility index (Phi) is 8.09. The van der Waals surface area contributed by atoms with Crippen molar-refractivity contribution in [3.8, 4) is 0 Å². The van der Waals surface area contributed by atoms with Crippen LogP contribution in [0.25, 0.3) is 10.8 Å². The number of carboxylic acids is 1. The smallest absolute Gasteiger partial charge is 0.475 e. The molecule has 0 aliphatic carbocycles. The number of likely N-dealkylation sites (tertiary alicyclic amines) is 1. The number of carbonyl (C=O) groups is 2. The predicted octanol–water partition coefficient (Wildman–Crippen LogP) is 1.60. The van der Waals surface area contributed by atoms with Crippen LogP contribution < -0.4 is 10.9 Å². The van der Waals surface area contributed by atoms with Gasteiger partial charge in [-0.2, -0.15) is 13.2 Å². The number of H-pyrrole nitrogens is 1. The zero-order valence-electron chi connectivity index (χ0n) is 18.0. The first kappa shape index (κ1) is 24.7. The summed E-state index contributed by atoms with van der Waals surface area (Å²) in [5.41, 5.74) is 0.575. The minimum absolute atomic E-state index is 0.107. The van der Waals surface area contributed by atoms with E-state index in [9.17, 15) is 22.8 Å². The van der Waals surface area contributed by atoms with Gasteiger partial charge in [0.15, 0.2) is 0 Å². The topological polar surface area (TPSA) is 106 Å². The van der Waals surface area contributed by atoms with E-state index in [-0.39, 0.29) is 17.9 Å². The third kappa shape index (κ3) is 6.78. The number of nitrogens with zero attached hydrogens (tertiary/aromatic N) is 2. The van der Waals surface area contributed by atoms with Gasteiger partial charge in [0, 0.05) is 56.4 Å². The number of alkyl halides is 3. The molecule has 33 heavy (non-hydrogen) atoms. The first-order chi connectivity index (χ1) is 15.6. The van der Waals surface area contributed by atoms with E-state index in [4.69, 9.17) is 9.90 Å². The van der Waals surface area contributed by atoms with Gasteiger partial charge in [0.2, 0.25) is 5.91 Å². The number of amides is 1. The Balaban J connectivity index is 0.000000383. The van der Waals surface area contributed by atoms with E-state index in [1.165, 1.54) is 0 Å². The molecule has 2 aliphatic heterocycles. The highest BCUT2D eigenvalue weighted by Crippen LogP contribution is 2.18. The third-order valence-electron chi connectivity index (χ3n) is 5.81. The van der Waals surface area contributed by atoms with Gasteiger partial charge in [-0.05, 0) is 30.4 Å². The van der Waals surface area contributed by atoms with Gasteiger partial charge in [-0.3, -0.25) is 14.5 Å². The average molecular weight is 468 g/mol. The number of halogens is 3. The van der Waals surface area contributed by atoms with Gasteiger partial charge < -0.3 is 20.3 Å². The highest BCUT2D eigenvalue weighted by molar-refractivity contribution is 5.84. The van der Waals surface area contributed by atoms with Gasteiger partial charge in [0.1, 0.15) is 0 Å². The number of fused-ring (bicyclic) bond motifs is 1. The first-order valence-electron chi connectivity index (χ1n) is 10.8. The van der Waals surface area contributed by atoms with Crippen LogP contribution in [0, 0.1) is 0 Å². The number of hydrogen-bond donors (Lipinski definition) is 3. The van der Waals surface area contributed by atoms with E-state index in [0.29, 0.717) is 17.1 Å². The van der Waals surface area contributed by atoms with Crippen molar-refractivity contribution < 1.29 is 27.9 Å². The summed E-state index contributed by atoms with van der Waals surface area (Å²) in [5.74, 6) is -2.65. The minimum Gasteiger partial charge on any atom is -0.475 e. The van der Waals surface area contributed by atoms with Crippen molar-refractivity contribution in [3.63, 3.8) is 0 Å². The van der Waals surface area contributed by atoms with Gasteiger partial charge in [-0.25, -0.2) is 4.79 Å². The number of aromatic nitrogens is 1. The molecule has 0 saturated carbocycles. The molecule has 1 unspecified atom stereocenters. The third-order valence-corrected chi connectivity index (χ3v) is 5.81. The van der Waals surface area contributed by atoms with Crippen molar-refractivity contribution in [1.29, 1.82) is 0 Å². The number of pyridine rings is 1. The summed E-state index contributed by atoms with van der Waals surface area (Å²) < 4.78 is 31.7. The van der Waals surface area contributed by atoms with E-state index in [1.54, 1.807) is 0 Å². The number of rotatable bonds is 3. The molecule has 2 saturated heterocycles. The highest BCUT2D eigenvalue weighted by atomic mass is 19.4. The molecule has 1 amide bonds. The second-order valence-corrected chi connectivity index (χ2v) is 8.11. The molecular weight excluding hydrogens is 441 g/mol. The summed E-state index contributed by atoms with van der Waals surface area (Å²) in [6, 6.07) is 9.88. The van der Waals surface area contributed by atoms with Crippen LogP contribution in [-0.4, -0.2) is 83.3 Å². The van der Waals surface area contributed by atoms with Gasteiger partial charge in [-0.1, -0.05) is 18.2 Å². The summed E-state index contributed by atoms with van der Waals surface area (Å²) >= 11 is 0. The number of aromatic amines is 1. The van der Waals surface area contributed by atoms with Crippen molar-refractivity contribution in [2.45, 2.75) is 31.5 Å². The van der Waals surface area contributed by atoms with E-state index >= 15 is 0 Å². The van der Waals surface area contributed by atoms with Crippen molar-refractivity contribution in [3.05, 3.63) is 46.4 Å². The Labute approximate surface area is 188 Å². The molecule has 0 spiro atoms. The molecule has 0 bridgehead atoms. The van der Waals surface area contributed by atoms with E-state index in [2.05, 4.69) is 15.2 Å². The Bertz CT molecular complexity index is 1030. The van der Waals surface area contributed by atoms with Crippen LogP contribution in [-0.2, 0) is 16.0 Å². The highest BCUT2D eigenvalue weighted by Gasteiger charge is 2.38. The minimum atomic E-state index is -5.08. The maximum absolute atomic E-state index is 12.8. The molecule has 1 atom stereocenters. The maximum atomic E-state index is 12.8. The number of nitrogens with one attached hydrogen (secondary N) is 2. The zero-order valence-corrected chi connectivity index (χ0v) is 18.0. The largest absolute Gasteiger partial charge is 0.490 e. The fraction of sp³-hybridized carbons (Fsp3) is 0.500. The van der Waals surface area contributed by atoms with Crippen LogP contribution in [0.3, 0.4) is 0 Å². The Morgan fingerprint density at radius 3 is 2.45 bits per heavy atom. The molecule has 8 nitrogen and oxygen atoms in total. The molecule has 3 heterocycles. The maximum Gasteiger partial charge on any atom is 0.490 e. The lowest BCUT2D eigenvalue weighted by atomic mass is 10.0. The molecule has 1 aromatic carbocycles. The summed E-state index contributed by atoms with van der Waals surface area (Å²) in [6.07, 6.45) is -2.61. The molecule has 1 aromatic heterocycles. The van der Waals surface area contributed by atoms with Crippen LogP contribution in [0.2, 0.25) is 0 Å². The predicted molar refractivity (Wildman–Crippen MR) is 116 cm³/mol. The molecule has 11 heteroatoms. The van der Waals surface area contributed by atoms with Gasteiger partial charge in [0.05, 0.1) is 6.42 Å². The molecule has 4 rings (SSSR count). The van der Waals surface area contributed by atoms with Crippen LogP contribution in [0.15, 0.2) is 35.1 Å². The average Bonchev–Trinajstić information content (AvgIpc) is 2.79.